The van der Waals surface area contributed by atoms with Crippen LogP contribution in [-0.4, -0.2) is 44.5 Å². The topological polar surface area (TPSA) is 121 Å². The van der Waals surface area contributed by atoms with Crippen molar-refractivity contribution >= 4 is 21.8 Å². The fourth-order valence-electron chi connectivity index (χ4n) is 2.83. The number of nitrogens with zero attached hydrogens (tertiary/aromatic N) is 2. The summed E-state index contributed by atoms with van der Waals surface area (Å²) in [6, 6.07) is 11.6. The zero-order valence-electron chi connectivity index (χ0n) is 17.4. The summed E-state index contributed by atoms with van der Waals surface area (Å²) in [6.45, 7) is 1.88. The van der Waals surface area contributed by atoms with E-state index in [1.807, 2.05) is 6.92 Å². The van der Waals surface area contributed by atoms with Crippen molar-refractivity contribution < 1.29 is 27.1 Å². The highest BCUT2D eigenvalue weighted by Crippen LogP contribution is 2.33. The van der Waals surface area contributed by atoms with E-state index in [0.29, 0.717) is 17.1 Å². The van der Waals surface area contributed by atoms with Crippen LogP contribution >= 0.6 is 0 Å². The van der Waals surface area contributed by atoms with Gasteiger partial charge in [-0.15, -0.1) is 5.10 Å². The van der Waals surface area contributed by atoms with Gasteiger partial charge in [0.15, 0.2) is 9.84 Å². The Bertz CT molecular complexity index is 1160. The summed E-state index contributed by atoms with van der Waals surface area (Å²) < 4.78 is 40.7. The quantitative estimate of drug-likeness (QED) is 0.533. The SMILES string of the molecule is COc1ccc(-c2nnc(NC(=O)CCCS(=O)(=O)c3ccc(C)cc3)o2)c(OC)c1. The fourth-order valence-corrected chi connectivity index (χ4v) is 4.14. The number of hydrogen-bond donors (Lipinski definition) is 1. The molecule has 3 aromatic rings. The number of anilines is 1. The monoisotopic (exact) mass is 445 g/mol. The van der Waals surface area contributed by atoms with Gasteiger partial charge in [-0.2, -0.15) is 0 Å². The lowest BCUT2D eigenvalue weighted by Crippen LogP contribution is -2.14. The zero-order valence-corrected chi connectivity index (χ0v) is 18.2. The number of ether oxygens (including phenoxy) is 2. The molecule has 0 aliphatic heterocycles. The number of carbonyl (C=O) groups is 1. The first-order valence-corrected chi connectivity index (χ1v) is 11.1. The number of carbonyl (C=O) groups excluding carboxylic acids is 1. The van der Waals surface area contributed by atoms with Crippen molar-refractivity contribution in [2.75, 3.05) is 25.3 Å². The van der Waals surface area contributed by atoms with E-state index in [-0.39, 0.29) is 35.4 Å². The molecule has 0 spiro atoms. The number of amides is 1. The first kappa shape index (κ1) is 22.3. The van der Waals surface area contributed by atoms with E-state index in [0.717, 1.165) is 5.56 Å². The van der Waals surface area contributed by atoms with Gasteiger partial charge < -0.3 is 13.9 Å². The second-order valence-electron chi connectivity index (χ2n) is 6.76. The van der Waals surface area contributed by atoms with Crippen LogP contribution in [-0.2, 0) is 14.6 Å². The van der Waals surface area contributed by atoms with E-state index >= 15 is 0 Å². The minimum absolute atomic E-state index is 0.00530. The molecule has 9 nitrogen and oxygen atoms in total. The maximum atomic E-state index is 12.4. The summed E-state index contributed by atoms with van der Waals surface area (Å²) in [5.41, 5.74) is 1.52. The summed E-state index contributed by atoms with van der Waals surface area (Å²) in [7, 11) is -0.402. The van der Waals surface area contributed by atoms with Gasteiger partial charge in [0.05, 0.1) is 30.4 Å². The Kier molecular flexibility index (Phi) is 6.91. The molecular formula is C21H23N3O6S. The Balaban J connectivity index is 1.57. The number of sulfone groups is 1. The molecule has 1 amide bonds. The maximum absolute atomic E-state index is 12.4. The highest BCUT2D eigenvalue weighted by molar-refractivity contribution is 7.91. The number of methoxy groups -OCH3 is 2. The molecule has 31 heavy (non-hydrogen) atoms. The van der Waals surface area contributed by atoms with Gasteiger partial charge in [-0.3, -0.25) is 10.1 Å². The molecule has 0 radical (unpaired) electrons. The van der Waals surface area contributed by atoms with Gasteiger partial charge in [-0.05, 0) is 37.6 Å². The van der Waals surface area contributed by atoms with Gasteiger partial charge in [-0.25, -0.2) is 8.42 Å². The van der Waals surface area contributed by atoms with E-state index in [1.54, 1.807) is 49.6 Å². The predicted octanol–water partition coefficient (Wildman–Crippen LogP) is 3.25. The van der Waals surface area contributed by atoms with E-state index in [1.165, 1.54) is 7.11 Å². The van der Waals surface area contributed by atoms with Crippen LogP contribution in [0, 0.1) is 6.92 Å². The number of benzene rings is 2. The Hall–Kier alpha value is -3.40. The van der Waals surface area contributed by atoms with Gasteiger partial charge in [0.25, 0.3) is 5.89 Å². The predicted molar refractivity (Wildman–Crippen MR) is 114 cm³/mol. The van der Waals surface area contributed by atoms with Crippen LogP contribution in [0.1, 0.15) is 18.4 Å². The van der Waals surface area contributed by atoms with E-state index in [2.05, 4.69) is 15.5 Å². The third-order valence-electron chi connectivity index (χ3n) is 4.51. The molecule has 2 aromatic carbocycles. The molecule has 1 aromatic heterocycles. The van der Waals surface area contributed by atoms with Crippen molar-refractivity contribution in [3.63, 3.8) is 0 Å². The third kappa shape index (κ3) is 5.60. The normalized spacial score (nSPS) is 11.2. The molecular weight excluding hydrogens is 422 g/mol. The van der Waals surface area contributed by atoms with Crippen molar-refractivity contribution in [1.82, 2.24) is 10.2 Å². The summed E-state index contributed by atoms with van der Waals surface area (Å²) in [4.78, 5) is 12.4. The maximum Gasteiger partial charge on any atom is 0.322 e. The first-order valence-electron chi connectivity index (χ1n) is 9.47. The molecule has 0 saturated heterocycles. The molecule has 1 heterocycles. The largest absolute Gasteiger partial charge is 0.497 e. The highest BCUT2D eigenvalue weighted by Gasteiger charge is 2.18. The molecule has 1 N–H and O–H groups in total. The number of hydrogen-bond acceptors (Lipinski definition) is 8. The molecule has 164 valence electrons. The minimum Gasteiger partial charge on any atom is -0.497 e. The van der Waals surface area contributed by atoms with Crippen LogP contribution in [0.5, 0.6) is 11.5 Å². The lowest BCUT2D eigenvalue weighted by atomic mass is 10.2. The minimum atomic E-state index is -3.45. The van der Waals surface area contributed by atoms with Gasteiger partial charge >= 0.3 is 6.01 Å². The summed E-state index contributed by atoms with van der Waals surface area (Å²) >= 11 is 0. The zero-order chi connectivity index (χ0) is 22.4. The standard InChI is InChI=1S/C21H23N3O6S/c1-14-6-9-16(10-7-14)31(26,27)12-4-5-19(25)22-21-24-23-20(30-21)17-11-8-15(28-2)13-18(17)29-3/h6-11,13H,4-5,12H2,1-3H3,(H,22,24,25). The van der Waals surface area contributed by atoms with E-state index in [4.69, 9.17) is 13.9 Å². The average molecular weight is 445 g/mol. The van der Waals surface area contributed by atoms with Crippen LogP contribution in [0.15, 0.2) is 51.8 Å². The second-order valence-corrected chi connectivity index (χ2v) is 8.87. The van der Waals surface area contributed by atoms with Gasteiger partial charge in [-0.1, -0.05) is 22.8 Å². The lowest BCUT2D eigenvalue weighted by molar-refractivity contribution is -0.116. The second kappa shape index (κ2) is 9.61. The lowest BCUT2D eigenvalue weighted by Gasteiger charge is -2.07. The highest BCUT2D eigenvalue weighted by atomic mass is 32.2. The number of rotatable bonds is 9. The van der Waals surface area contributed by atoms with Gasteiger partial charge in [0.1, 0.15) is 11.5 Å². The molecule has 0 unspecified atom stereocenters. The van der Waals surface area contributed by atoms with Gasteiger partial charge in [0.2, 0.25) is 5.91 Å². The van der Waals surface area contributed by atoms with Crippen molar-refractivity contribution in [1.29, 1.82) is 0 Å². The summed E-state index contributed by atoms with van der Waals surface area (Å²) in [5.74, 6) is 0.686. The fraction of sp³-hybridized carbons (Fsp3) is 0.286. The smallest absolute Gasteiger partial charge is 0.322 e. The Labute approximate surface area is 180 Å². The molecule has 0 saturated carbocycles. The van der Waals surface area contributed by atoms with Crippen molar-refractivity contribution in [2.24, 2.45) is 0 Å². The molecule has 0 bridgehead atoms. The van der Waals surface area contributed by atoms with Crippen LogP contribution in [0.25, 0.3) is 11.5 Å². The number of nitrogens with one attached hydrogen (secondary N) is 1. The summed E-state index contributed by atoms with van der Waals surface area (Å²) in [6.07, 6.45) is 0.157. The van der Waals surface area contributed by atoms with Crippen molar-refractivity contribution in [2.45, 2.75) is 24.7 Å². The number of aromatic nitrogens is 2. The van der Waals surface area contributed by atoms with Crippen LogP contribution in [0.2, 0.25) is 0 Å². The first-order chi connectivity index (χ1) is 14.8. The van der Waals surface area contributed by atoms with Gasteiger partial charge in [0, 0.05) is 12.5 Å². The molecule has 0 aliphatic carbocycles. The molecule has 0 fully saturated rings. The summed E-state index contributed by atoms with van der Waals surface area (Å²) in [5, 5.41) is 10.2. The molecule has 3 rings (SSSR count). The van der Waals surface area contributed by atoms with Crippen molar-refractivity contribution in [3.8, 4) is 23.0 Å². The number of aryl methyl sites for hydroxylation is 1. The van der Waals surface area contributed by atoms with Crippen LogP contribution in [0.4, 0.5) is 6.01 Å². The molecule has 0 aliphatic rings. The average Bonchev–Trinajstić information content (AvgIpc) is 3.21. The molecule has 0 atom stereocenters. The Morgan fingerprint density at radius 3 is 2.48 bits per heavy atom. The Morgan fingerprint density at radius 2 is 1.81 bits per heavy atom. The van der Waals surface area contributed by atoms with Crippen molar-refractivity contribution in [3.05, 3.63) is 48.0 Å². The van der Waals surface area contributed by atoms with E-state index < -0.39 is 15.7 Å². The Morgan fingerprint density at radius 1 is 1.06 bits per heavy atom. The van der Waals surface area contributed by atoms with Crippen LogP contribution < -0.4 is 14.8 Å². The van der Waals surface area contributed by atoms with Crippen LogP contribution in [0.3, 0.4) is 0 Å². The third-order valence-corrected chi connectivity index (χ3v) is 6.32. The molecule has 10 heteroatoms. The van der Waals surface area contributed by atoms with E-state index in [9.17, 15) is 13.2 Å².